The number of benzene rings is 1. The first-order valence-electron chi connectivity index (χ1n) is 6.54. The van der Waals surface area contributed by atoms with Gasteiger partial charge in [-0.1, -0.05) is 15.9 Å². The zero-order valence-electron chi connectivity index (χ0n) is 11.9. The number of nitrogens with zero attached hydrogens (tertiary/aromatic N) is 1. The van der Waals surface area contributed by atoms with Crippen LogP contribution in [0.15, 0.2) is 22.7 Å². The summed E-state index contributed by atoms with van der Waals surface area (Å²) in [7, 11) is 0. The number of H-pyrrole nitrogens is 1. The Morgan fingerprint density at radius 1 is 1.35 bits per heavy atom. The van der Waals surface area contributed by atoms with Gasteiger partial charge in [-0.15, -0.1) is 0 Å². The molecule has 1 heterocycles. The zero-order valence-corrected chi connectivity index (χ0v) is 13.5. The van der Waals surface area contributed by atoms with Gasteiger partial charge >= 0.3 is 0 Å². The van der Waals surface area contributed by atoms with Gasteiger partial charge in [-0.25, -0.2) is 0 Å². The van der Waals surface area contributed by atoms with Gasteiger partial charge in [0.25, 0.3) is 0 Å². The molecule has 0 aliphatic heterocycles. The molecule has 4 nitrogen and oxygen atoms in total. The van der Waals surface area contributed by atoms with Crippen LogP contribution >= 0.6 is 15.9 Å². The number of hydrogen-bond donors (Lipinski definition) is 2. The summed E-state index contributed by atoms with van der Waals surface area (Å²) in [5.74, 6) is 0.0201. The molecular weight excluding hydrogens is 318 g/mol. The smallest absolute Gasteiger partial charge is 0.224 e. The first kappa shape index (κ1) is 14.8. The van der Waals surface area contributed by atoms with Crippen molar-refractivity contribution >= 4 is 27.5 Å². The predicted octanol–water partition coefficient (Wildman–Crippen LogP) is 3.67. The number of carbonyl (C=O) groups is 1. The second-order valence-corrected chi connectivity index (χ2v) is 5.78. The molecule has 20 heavy (non-hydrogen) atoms. The number of amides is 1. The molecular formula is C15H18BrN3O. The molecule has 0 radical (unpaired) electrons. The lowest BCUT2D eigenvalue weighted by molar-refractivity contribution is -0.116. The van der Waals surface area contributed by atoms with Crippen LogP contribution in [-0.2, 0) is 11.2 Å². The number of aryl methyl sites for hydroxylation is 3. The molecule has 0 atom stereocenters. The van der Waals surface area contributed by atoms with E-state index in [1.165, 1.54) is 0 Å². The van der Waals surface area contributed by atoms with Crippen LogP contribution in [0.2, 0.25) is 0 Å². The lowest BCUT2D eigenvalue weighted by Crippen LogP contribution is -2.12. The van der Waals surface area contributed by atoms with Gasteiger partial charge in [-0.3, -0.25) is 9.89 Å². The molecule has 0 saturated carbocycles. The fraction of sp³-hybridized carbons (Fsp3) is 0.333. The molecule has 2 aromatic rings. The number of hydrogen-bond acceptors (Lipinski definition) is 2. The highest BCUT2D eigenvalue weighted by Gasteiger charge is 2.09. The highest BCUT2D eigenvalue weighted by atomic mass is 79.9. The molecule has 0 fully saturated rings. The summed E-state index contributed by atoms with van der Waals surface area (Å²) < 4.78 is 1.04. The van der Waals surface area contributed by atoms with Crippen molar-refractivity contribution in [3.05, 3.63) is 45.2 Å². The molecule has 0 bridgehead atoms. The van der Waals surface area contributed by atoms with Crippen LogP contribution in [0, 0.1) is 20.8 Å². The molecule has 2 rings (SSSR count). The summed E-state index contributed by atoms with van der Waals surface area (Å²) in [5.41, 5.74) is 5.07. The van der Waals surface area contributed by atoms with Crippen molar-refractivity contribution in [2.24, 2.45) is 0 Å². The second kappa shape index (κ2) is 6.22. The van der Waals surface area contributed by atoms with Crippen LogP contribution in [0.5, 0.6) is 0 Å². The Balaban J connectivity index is 1.94. The summed E-state index contributed by atoms with van der Waals surface area (Å²) in [6.07, 6.45) is 1.16. The number of nitrogens with one attached hydrogen (secondary N) is 2. The molecule has 0 aliphatic carbocycles. The van der Waals surface area contributed by atoms with Gasteiger partial charge in [-0.05, 0) is 56.5 Å². The number of anilines is 1. The van der Waals surface area contributed by atoms with Crippen LogP contribution < -0.4 is 5.32 Å². The third kappa shape index (κ3) is 3.48. The molecule has 0 spiro atoms. The van der Waals surface area contributed by atoms with E-state index in [0.717, 1.165) is 32.7 Å². The summed E-state index contributed by atoms with van der Waals surface area (Å²) in [5, 5.41) is 10.00. The molecule has 1 amide bonds. The topological polar surface area (TPSA) is 57.8 Å². The zero-order chi connectivity index (χ0) is 14.7. The van der Waals surface area contributed by atoms with Gasteiger partial charge in [0.15, 0.2) is 0 Å². The monoisotopic (exact) mass is 335 g/mol. The van der Waals surface area contributed by atoms with Crippen molar-refractivity contribution in [2.45, 2.75) is 33.6 Å². The first-order valence-corrected chi connectivity index (χ1v) is 7.33. The molecule has 0 aliphatic rings. The average Bonchev–Trinajstić information content (AvgIpc) is 2.71. The molecule has 1 aromatic carbocycles. The quantitative estimate of drug-likeness (QED) is 0.895. The van der Waals surface area contributed by atoms with Crippen LogP contribution in [0.3, 0.4) is 0 Å². The predicted molar refractivity (Wildman–Crippen MR) is 83.9 cm³/mol. The van der Waals surface area contributed by atoms with E-state index in [1.54, 1.807) is 0 Å². The van der Waals surface area contributed by atoms with Crippen molar-refractivity contribution in [1.29, 1.82) is 0 Å². The van der Waals surface area contributed by atoms with E-state index >= 15 is 0 Å². The molecule has 1 aromatic heterocycles. The second-order valence-electron chi connectivity index (χ2n) is 4.92. The van der Waals surface area contributed by atoms with Crippen molar-refractivity contribution < 1.29 is 4.79 Å². The average molecular weight is 336 g/mol. The van der Waals surface area contributed by atoms with Crippen LogP contribution in [0.25, 0.3) is 0 Å². The van der Waals surface area contributed by atoms with E-state index in [1.807, 2.05) is 39.0 Å². The summed E-state index contributed by atoms with van der Waals surface area (Å²) in [4.78, 5) is 12.0. The Bertz CT molecular complexity index is 615. The SMILES string of the molecule is Cc1cc(NC(=O)CCc2c(C)n[nH]c2C)ccc1Br. The van der Waals surface area contributed by atoms with E-state index in [9.17, 15) is 4.79 Å². The lowest BCUT2D eigenvalue weighted by Gasteiger charge is -2.07. The van der Waals surface area contributed by atoms with Crippen molar-refractivity contribution in [1.82, 2.24) is 10.2 Å². The van der Waals surface area contributed by atoms with Crippen LogP contribution in [0.4, 0.5) is 5.69 Å². The van der Waals surface area contributed by atoms with Gasteiger partial charge in [0.2, 0.25) is 5.91 Å². The highest BCUT2D eigenvalue weighted by molar-refractivity contribution is 9.10. The standard InChI is InChI=1S/C15H18BrN3O/c1-9-8-12(4-6-14(9)16)17-15(20)7-5-13-10(2)18-19-11(13)3/h4,6,8H,5,7H2,1-3H3,(H,17,20)(H,18,19). The molecule has 106 valence electrons. The minimum Gasteiger partial charge on any atom is -0.326 e. The fourth-order valence-electron chi connectivity index (χ4n) is 2.13. The van der Waals surface area contributed by atoms with E-state index in [4.69, 9.17) is 0 Å². The minimum absolute atomic E-state index is 0.0201. The van der Waals surface area contributed by atoms with E-state index in [2.05, 4.69) is 31.4 Å². The molecule has 5 heteroatoms. The third-order valence-corrected chi connectivity index (χ3v) is 4.21. The Morgan fingerprint density at radius 2 is 2.10 bits per heavy atom. The van der Waals surface area contributed by atoms with E-state index < -0.39 is 0 Å². The van der Waals surface area contributed by atoms with Crippen molar-refractivity contribution in [3.63, 3.8) is 0 Å². The lowest BCUT2D eigenvalue weighted by atomic mass is 10.1. The van der Waals surface area contributed by atoms with E-state index in [-0.39, 0.29) is 5.91 Å². The number of aromatic nitrogens is 2. The maximum Gasteiger partial charge on any atom is 0.224 e. The number of aromatic amines is 1. The molecule has 0 unspecified atom stereocenters. The van der Waals surface area contributed by atoms with Crippen molar-refractivity contribution in [3.8, 4) is 0 Å². The maximum absolute atomic E-state index is 12.0. The normalized spacial score (nSPS) is 10.6. The maximum atomic E-state index is 12.0. The van der Waals surface area contributed by atoms with Gasteiger partial charge in [0.05, 0.1) is 5.69 Å². The Hall–Kier alpha value is -1.62. The van der Waals surface area contributed by atoms with Gasteiger partial charge in [-0.2, -0.15) is 5.10 Å². The number of rotatable bonds is 4. The summed E-state index contributed by atoms with van der Waals surface area (Å²) >= 11 is 3.45. The highest BCUT2D eigenvalue weighted by Crippen LogP contribution is 2.20. The van der Waals surface area contributed by atoms with E-state index in [0.29, 0.717) is 12.8 Å². The van der Waals surface area contributed by atoms with Crippen molar-refractivity contribution in [2.75, 3.05) is 5.32 Å². The van der Waals surface area contributed by atoms with Gasteiger partial charge in [0.1, 0.15) is 0 Å². The summed E-state index contributed by atoms with van der Waals surface area (Å²) in [6, 6.07) is 5.79. The Labute approximate surface area is 127 Å². The van der Waals surface area contributed by atoms with Crippen LogP contribution in [0.1, 0.15) is 28.9 Å². The third-order valence-electron chi connectivity index (χ3n) is 3.32. The Morgan fingerprint density at radius 3 is 2.70 bits per heavy atom. The summed E-state index contributed by atoms with van der Waals surface area (Å²) in [6.45, 7) is 5.93. The van der Waals surface area contributed by atoms with Gasteiger partial charge < -0.3 is 5.32 Å². The minimum atomic E-state index is 0.0201. The number of carbonyl (C=O) groups excluding carboxylic acids is 1. The molecule has 0 saturated heterocycles. The molecule has 2 N–H and O–H groups in total. The first-order chi connectivity index (χ1) is 9.47. The Kier molecular flexibility index (Phi) is 4.60. The van der Waals surface area contributed by atoms with Gasteiger partial charge in [0, 0.05) is 22.3 Å². The largest absolute Gasteiger partial charge is 0.326 e. The van der Waals surface area contributed by atoms with Crippen LogP contribution in [-0.4, -0.2) is 16.1 Å². The number of halogens is 1. The fourth-order valence-corrected chi connectivity index (χ4v) is 2.37.